The van der Waals surface area contributed by atoms with Gasteiger partial charge in [-0.25, -0.2) is 4.98 Å². The van der Waals surface area contributed by atoms with Gasteiger partial charge in [0.25, 0.3) is 0 Å². The summed E-state index contributed by atoms with van der Waals surface area (Å²) in [4.78, 5) is 16.4. The van der Waals surface area contributed by atoms with Gasteiger partial charge < -0.3 is 4.79 Å². The van der Waals surface area contributed by atoms with Crippen molar-refractivity contribution in [2.45, 2.75) is 43.9 Å². The lowest BCUT2D eigenvalue weighted by atomic mass is 10.2. The van der Waals surface area contributed by atoms with Crippen molar-refractivity contribution in [2.24, 2.45) is 0 Å². The zero-order valence-electron chi connectivity index (χ0n) is 11.7. The number of nitrogens with zero attached hydrogens (tertiary/aromatic N) is 1. The Bertz CT molecular complexity index is 435. The van der Waals surface area contributed by atoms with Gasteiger partial charge in [-0.3, -0.25) is 0 Å². The number of carbonyl (C=O) groups is 1. The van der Waals surface area contributed by atoms with Crippen LogP contribution in [-0.2, 0) is 4.79 Å². The molecule has 1 heterocycles. The number of thioether (sulfide) groups is 1. The predicted octanol–water partition coefficient (Wildman–Crippen LogP) is 4.30. The molecule has 1 aromatic heterocycles. The first-order valence-corrected chi connectivity index (χ1v) is 9.92. The third kappa shape index (κ3) is 3.82. The molecule has 0 spiro atoms. The number of pyridine rings is 1. The predicted molar refractivity (Wildman–Crippen MR) is 81.4 cm³/mol. The quantitative estimate of drug-likeness (QED) is 0.467. The first-order chi connectivity index (χ1) is 8.25. The normalized spacial score (nSPS) is 12.9. The van der Waals surface area contributed by atoms with Crippen LogP contribution in [0.3, 0.4) is 0 Å². The van der Waals surface area contributed by atoms with Crippen molar-refractivity contribution in [1.29, 1.82) is 0 Å². The van der Waals surface area contributed by atoms with Crippen molar-refractivity contribution in [3.05, 3.63) is 35.9 Å². The van der Waals surface area contributed by atoms with Gasteiger partial charge in [-0.2, -0.15) is 0 Å². The second kappa shape index (κ2) is 5.84. The van der Waals surface area contributed by atoms with Gasteiger partial charge in [0.05, 0.1) is 0 Å². The molecule has 1 aromatic rings. The molecule has 0 aliphatic carbocycles. The molecular weight excluding hydrogens is 258 g/mol. The molecule has 98 valence electrons. The maximum absolute atomic E-state index is 12.2. The first kappa shape index (κ1) is 15.2. The fourth-order valence-corrected chi connectivity index (χ4v) is 3.13. The van der Waals surface area contributed by atoms with Crippen LogP contribution in [0.5, 0.6) is 0 Å². The number of carbonyl (C=O) groups excluding carboxylic acids is 1. The van der Waals surface area contributed by atoms with Gasteiger partial charge in [-0.05, 0) is 28.7 Å². The van der Waals surface area contributed by atoms with E-state index in [0.29, 0.717) is 5.41 Å². The average molecular weight is 279 g/mol. The molecule has 0 fully saturated rings. The molecule has 0 radical (unpaired) electrons. The van der Waals surface area contributed by atoms with Crippen LogP contribution in [0.2, 0.25) is 18.1 Å². The molecule has 0 unspecified atom stereocenters. The molecule has 0 bridgehead atoms. The largest absolute Gasteiger partial charge is 0.301 e. The number of hydrogen-bond donors (Lipinski definition) is 0. The summed E-state index contributed by atoms with van der Waals surface area (Å²) in [6.07, 6.45) is 3.47. The highest BCUT2D eigenvalue weighted by Crippen LogP contribution is 2.36. The highest BCUT2D eigenvalue weighted by atomic mass is 32.2. The summed E-state index contributed by atoms with van der Waals surface area (Å²) in [5, 5.41) is 3.14. The molecule has 0 amide bonds. The van der Waals surface area contributed by atoms with Gasteiger partial charge in [-0.1, -0.05) is 51.7 Å². The van der Waals surface area contributed by atoms with Crippen LogP contribution < -0.4 is 0 Å². The number of rotatable bonds is 4. The van der Waals surface area contributed by atoms with Gasteiger partial charge in [0, 0.05) is 6.20 Å². The van der Waals surface area contributed by atoms with E-state index in [-0.39, 0.29) is 5.04 Å². The number of hydrogen-bond acceptors (Lipinski definition) is 3. The molecule has 0 aliphatic rings. The van der Waals surface area contributed by atoms with E-state index in [0.717, 1.165) is 5.03 Å². The van der Waals surface area contributed by atoms with E-state index in [9.17, 15) is 4.79 Å². The highest BCUT2D eigenvalue weighted by Gasteiger charge is 2.40. The minimum atomic E-state index is -1.91. The molecule has 4 heteroatoms. The maximum atomic E-state index is 12.2. The second-order valence-electron chi connectivity index (χ2n) is 5.83. The van der Waals surface area contributed by atoms with Gasteiger partial charge in [0.15, 0.2) is 0 Å². The highest BCUT2D eigenvalue weighted by molar-refractivity contribution is 8.02. The molecule has 0 atom stereocenters. The third-order valence-electron chi connectivity index (χ3n) is 3.54. The molecule has 1 rings (SSSR count). The van der Waals surface area contributed by atoms with E-state index < -0.39 is 8.07 Å². The Labute approximate surface area is 115 Å². The smallest absolute Gasteiger partial charge is 0.137 e. The fraction of sp³-hybridized carbons (Fsp3) is 0.429. The number of aromatic nitrogens is 1. The van der Waals surface area contributed by atoms with E-state index in [4.69, 9.17) is 0 Å². The molecule has 0 saturated carbocycles. The van der Waals surface area contributed by atoms with E-state index >= 15 is 0 Å². The Morgan fingerprint density at radius 1 is 1.33 bits per heavy atom. The SMILES string of the molecule is CC(C)(C)[Si](C)(C)C(=O)/C=C/Sc1ccccn1. The van der Waals surface area contributed by atoms with E-state index in [2.05, 4.69) is 38.8 Å². The first-order valence-electron chi connectivity index (χ1n) is 6.04. The van der Waals surface area contributed by atoms with Crippen LogP contribution in [0.25, 0.3) is 0 Å². The molecule has 0 saturated heterocycles. The Balaban J connectivity index is 2.66. The Hall–Kier alpha value is -0.873. The molecular formula is C14H21NOSSi. The Kier molecular flexibility index (Phi) is 4.93. The minimum absolute atomic E-state index is 0.0874. The van der Waals surface area contributed by atoms with Crippen molar-refractivity contribution < 1.29 is 4.79 Å². The lowest BCUT2D eigenvalue weighted by molar-refractivity contribution is -0.108. The summed E-state index contributed by atoms with van der Waals surface area (Å²) < 4.78 is 0. The summed E-state index contributed by atoms with van der Waals surface area (Å²) in [6, 6.07) is 5.76. The van der Waals surface area contributed by atoms with Gasteiger partial charge >= 0.3 is 0 Å². The third-order valence-corrected chi connectivity index (χ3v) is 9.44. The van der Waals surface area contributed by atoms with Crippen molar-refractivity contribution in [3.63, 3.8) is 0 Å². The van der Waals surface area contributed by atoms with Crippen molar-refractivity contribution in [1.82, 2.24) is 4.98 Å². The summed E-state index contributed by atoms with van der Waals surface area (Å²) in [6.45, 7) is 10.7. The molecule has 2 nitrogen and oxygen atoms in total. The topological polar surface area (TPSA) is 30.0 Å². The van der Waals surface area contributed by atoms with Crippen LogP contribution in [-0.4, -0.2) is 18.5 Å². The average Bonchev–Trinajstić information content (AvgIpc) is 2.28. The van der Waals surface area contributed by atoms with Crippen LogP contribution in [0.4, 0.5) is 0 Å². The lowest BCUT2D eigenvalue weighted by Gasteiger charge is -2.34. The maximum Gasteiger partial charge on any atom is 0.137 e. The molecule has 18 heavy (non-hydrogen) atoms. The van der Waals surface area contributed by atoms with Crippen LogP contribution in [0.15, 0.2) is 40.9 Å². The van der Waals surface area contributed by atoms with Gasteiger partial charge in [0.2, 0.25) is 0 Å². The van der Waals surface area contributed by atoms with Gasteiger partial charge in [-0.15, -0.1) is 0 Å². The molecule has 0 aromatic carbocycles. The van der Waals surface area contributed by atoms with Crippen molar-refractivity contribution >= 4 is 25.2 Å². The summed E-state index contributed by atoms with van der Waals surface area (Å²) in [7, 11) is -1.91. The Morgan fingerprint density at radius 2 is 2.00 bits per heavy atom. The van der Waals surface area contributed by atoms with Crippen molar-refractivity contribution in [3.8, 4) is 0 Å². The minimum Gasteiger partial charge on any atom is -0.301 e. The monoisotopic (exact) mass is 279 g/mol. The number of allylic oxidation sites excluding steroid dienone is 1. The molecule has 0 aliphatic heterocycles. The van der Waals surface area contributed by atoms with Crippen LogP contribution in [0, 0.1) is 0 Å². The standard InChI is InChI=1S/C14H21NOSSi/c1-14(2,3)18(4,5)13(16)9-11-17-12-8-6-7-10-15-12/h6-11H,1-5H3/b11-9+. The summed E-state index contributed by atoms with van der Waals surface area (Å²) in [5.74, 6) is 0. The van der Waals surface area contributed by atoms with Gasteiger partial charge in [0.1, 0.15) is 18.5 Å². The zero-order valence-corrected chi connectivity index (χ0v) is 13.5. The van der Waals surface area contributed by atoms with Crippen molar-refractivity contribution in [2.75, 3.05) is 0 Å². The zero-order chi connectivity index (χ0) is 13.8. The molecule has 0 N–H and O–H groups in total. The van der Waals surface area contributed by atoms with Crippen LogP contribution >= 0.6 is 11.8 Å². The summed E-state index contributed by atoms with van der Waals surface area (Å²) >= 11 is 1.49. The summed E-state index contributed by atoms with van der Waals surface area (Å²) in [5.41, 5.74) is 0. The van der Waals surface area contributed by atoms with E-state index in [1.807, 2.05) is 23.6 Å². The second-order valence-corrected chi connectivity index (χ2v) is 12.0. The van der Waals surface area contributed by atoms with E-state index in [1.165, 1.54) is 11.8 Å². The lowest BCUT2D eigenvalue weighted by Crippen LogP contribution is -2.45. The Morgan fingerprint density at radius 3 is 2.50 bits per heavy atom. The van der Waals surface area contributed by atoms with E-state index in [1.54, 1.807) is 12.3 Å². The fourth-order valence-electron chi connectivity index (χ4n) is 1.16. The van der Waals surface area contributed by atoms with Crippen LogP contribution in [0.1, 0.15) is 20.8 Å².